The molecule has 3 aliphatic rings. The summed E-state index contributed by atoms with van der Waals surface area (Å²) in [7, 11) is 1.70. The number of fused-ring (bicyclic) bond motifs is 2. The number of rotatable bonds is 13. The van der Waals surface area contributed by atoms with Crippen LogP contribution in [0.15, 0.2) is 64.8 Å². The zero-order chi connectivity index (χ0) is 34.8. The van der Waals surface area contributed by atoms with Crippen LogP contribution >= 0.6 is 23.2 Å². The summed E-state index contributed by atoms with van der Waals surface area (Å²) in [6.45, 7) is 2.52. The van der Waals surface area contributed by atoms with Crippen LogP contribution in [0.4, 0.5) is 8.78 Å². The zero-order valence-electron chi connectivity index (χ0n) is 27.5. The van der Waals surface area contributed by atoms with E-state index in [1.54, 1.807) is 19.4 Å². The van der Waals surface area contributed by atoms with Gasteiger partial charge in [0.25, 0.3) is 5.91 Å². The number of benzene rings is 2. The molecule has 1 aliphatic carbocycles. The highest BCUT2D eigenvalue weighted by Crippen LogP contribution is 2.37. The molecule has 50 heavy (non-hydrogen) atoms. The van der Waals surface area contributed by atoms with Crippen LogP contribution < -0.4 is 15.4 Å². The van der Waals surface area contributed by atoms with Crippen LogP contribution in [0, 0.1) is 11.6 Å². The first-order valence-corrected chi connectivity index (χ1v) is 17.5. The second-order valence-corrected chi connectivity index (χ2v) is 13.7. The summed E-state index contributed by atoms with van der Waals surface area (Å²) in [6, 6.07) is 13.3. The molecule has 1 saturated heterocycles. The van der Waals surface area contributed by atoms with E-state index >= 15 is 0 Å². The smallest absolute Gasteiger partial charge is 0.252 e. The molecule has 0 unspecified atom stereocenters. The van der Waals surface area contributed by atoms with Crippen molar-refractivity contribution in [3.8, 4) is 17.1 Å². The molecule has 4 aromatic rings. The minimum Gasteiger partial charge on any atom is -0.469 e. The molecule has 2 aliphatic heterocycles. The van der Waals surface area contributed by atoms with E-state index in [4.69, 9.17) is 37.2 Å². The molecule has 2 N–H and O–H groups in total. The Labute approximate surface area is 298 Å². The number of methoxy groups -OCH3 is 1. The Kier molecular flexibility index (Phi) is 10.5. The Morgan fingerprint density at radius 3 is 2.70 bits per heavy atom. The fraction of sp³-hybridized carbons (Fsp3) is 0.378. The lowest BCUT2D eigenvalue weighted by Crippen LogP contribution is -2.60. The first kappa shape index (κ1) is 34.6. The van der Waals surface area contributed by atoms with Gasteiger partial charge in [-0.25, -0.2) is 13.8 Å². The van der Waals surface area contributed by atoms with Crippen molar-refractivity contribution in [2.24, 2.45) is 0 Å². The van der Waals surface area contributed by atoms with Crippen molar-refractivity contribution in [3.63, 3.8) is 0 Å². The number of hydrogen-bond donors (Lipinski definition) is 2. The number of amides is 1. The van der Waals surface area contributed by atoms with Crippen LogP contribution in [-0.2, 0) is 29.1 Å². The molecule has 4 heterocycles. The van der Waals surface area contributed by atoms with E-state index in [9.17, 15) is 13.6 Å². The number of nitrogens with one attached hydrogen (secondary N) is 2. The molecular weight excluding hydrogens is 687 g/mol. The number of piperazine rings is 1. The number of aryl methyl sites for hydroxylation is 1. The maximum atomic E-state index is 14.6. The van der Waals surface area contributed by atoms with Gasteiger partial charge in [-0.15, -0.1) is 0 Å². The lowest BCUT2D eigenvalue weighted by atomic mass is 9.84. The van der Waals surface area contributed by atoms with Crippen molar-refractivity contribution in [1.82, 2.24) is 25.7 Å². The highest BCUT2D eigenvalue weighted by Gasteiger charge is 2.41. The SMILES string of the molecule is COCCCc1ccc(Cl)c(CN(C(=O)C2=C(c3ccc(OCc4cc(-c5c(F)ccc(F)c5Cl)no4)nc3)C[C@@H]3CNC[C@H]2N3)C2CC2)c1. The molecule has 0 spiro atoms. The third kappa shape index (κ3) is 7.57. The molecule has 2 aromatic carbocycles. The van der Waals surface area contributed by atoms with Crippen molar-refractivity contribution in [2.75, 3.05) is 26.8 Å². The van der Waals surface area contributed by atoms with E-state index in [1.165, 1.54) is 11.6 Å². The number of ether oxygens (including phenoxy) is 2. The lowest BCUT2D eigenvalue weighted by molar-refractivity contribution is -0.128. The largest absolute Gasteiger partial charge is 0.469 e. The van der Waals surface area contributed by atoms with Gasteiger partial charge in [0, 0.05) is 74.4 Å². The summed E-state index contributed by atoms with van der Waals surface area (Å²) >= 11 is 12.7. The molecule has 262 valence electrons. The maximum Gasteiger partial charge on any atom is 0.252 e. The highest BCUT2D eigenvalue weighted by atomic mass is 35.5. The summed E-state index contributed by atoms with van der Waals surface area (Å²) in [5.74, 6) is -0.859. The molecule has 2 bridgehead atoms. The molecule has 7 rings (SSSR count). The van der Waals surface area contributed by atoms with Crippen LogP contribution in [0.5, 0.6) is 5.88 Å². The molecule has 2 fully saturated rings. The standard InChI is InChI=1S/C37H37Cl2F2N5O4/c1-48-12-2-3-21-4-8-28(38)23(13-21)19-46(25-6-7-25)37(47)34-27(14-24-17-42-18-32(34)44-24)22-5-11-33(43-16-22)49-20-26-15-31(45-50-26)35-29(40)9-10-30(41)36(35)39/h4-5,8-11,13,15-16,24-25,32,42,44H,2-3,6-7,12,14,17-20H2,1H3/t24-,32-/m1/s1. The second kappa shape index (κ2) is 15.2. The van der Waals surface area contributed by atoms with Gasteiger partial charge in [-0.2, -0.15) is 0 Å². The Hall–Kier alpha value is -3.87. The van der Waals surface area contributed by atoms with Gasteiger partial charge in [0.15, 0.2) is 12.4 Å². The number of pyridine rings is 1. The normalized spacial score (nSPS) is 18.7. The number of aromatic nitrogens is 2. The zero-order valence-corrected chi connectivity index (χ0v) is 29.0. The summed E-state index contributed by atoms with van der Waals surface area (Å²) in [4.78, 5) is 21.1. The fourth-order valence-corrected chi connectivity index (χ4v) is 7.13. The van der Waals surface area contributed by atoms with E-state index in [0.717, 1.165) is 66.6 Å². The average molecular weight is 725 g/mol. The number of halogens is 4. The quantitative estimate of drug-likeness (QED) is 0.115. The van der Waals surface area contributed by atoms with Crippen molar-refractivity contribution in [2.45, 2.75) is 63.4 Å². The molecule has 2 atom stereocenters. The number of carbonyl (C=O) groups excluding carboxylic acids is 1. The van der Waals surface area contributed by atoms with Gasteiger partial charge >= 0.3 is 0 Å². The van der Waals surface area contributed by atoms with Crippen molar-refractivity contribution >= 4 is 34.7 Å². The van der Waals surface area contributed by atoms with Gasteiger partial charge in [0.2, 0.25) is 5.88 Å². The Balaban J connectivity index is 1.10. The first-order chi connectivity index (χ1) is 24.3. The van der Waals surface area contributed by atoms with Crippen molar-refractivity contribution in [3.05, 3.63) is 104 Å². The molecule has 2 aromatic heterocycles. The van der Waals surface area contributed by atoms with Crippen LogP contribution in [0.3, 0.4) is 0 Å². The van der Waals surface area contributed by atoms with E-state index in [1.807, 2.05) is 23.1 Å². The third-order valence-corrected chi connectivity index (χ3v) is 10.1. The Morgan fingerprint density at radius 2 is 1.92 bits per heavy atom. The van der Waals surface area contributed by atoms with Gasteiger partial charge in [0.05, 0.1) is 16.6 Å². The molecule has 1 amide bonds. The summed E-state index contributed by atoms with van der Waals surface area (Å²) in [5, 5.41) is 11.3. The molecular formula is C37H37Cl2F2N5O4. The van der Waals surface area contributed by atoms with Gasteiger partial charge < -0.3 is 29.5 Å². The van der Waals surface area contributed by atoms with Crippen molar-refractivity contribution in [1.29, 1.82) is 0 Å². The molecule has 9 nitrogen and oxygen atoms in total. The predicted octanol–water partition coefficient (Wildman–Crippen LogP) is 6.76. The average Bonchev–Trinajstić information content (AvgIpc) is 3.86. The molecule has 0 radical (unpaired) electrons. The van der Waals surface area contributed by atoms with E-state index in [2.05, 4.69) is 26.8 Å². The minimum absolute atomic E-state index is 0.0132. The number of carbonyl (C=O) groups is 1. The minimum atomic E-state index is -0.759. The van der Waals surface area contributed by atoms with Gasteiger partial charge in [-0.1, -0.05) is 40.5 Å². The first-order valence-electron chi connectivity index (χ1n) is 16.7. The molecule has 1 saturated carbocycles. The Morgan fingerprint density at radius 1 is 1.08 bits per heavy atom. The van der Waals surface area contributed by atoms with Crippen LogP contribution in [0.2, 0.25) is 10.0 Å². The summed E-state index contributed by atoms with van der Waals surface area (Å²) < 4.78 is 44.6. The van der Waals surface area contributed by atoms with Crippen LogP contribution in [0.25, 0.3) is 16.8 Å². The number of hydrogen-bond acceptors (Lipinski definition) is 8. The number of nitrogens with zero attached hydrogens (tertiary/aromatic N) is 3. The fourth-order valence-electron chi connectivity index (χ4n) is 6.71. The molecule has 13 heteroatoms. The van der Waals surface area contributed by atoms with E-state index < -0.39 is 11.6 Å². The Bertz CT molecular complexity index is 1900. The summed E-state index contributed by atoms with van der Waals surface area (Å²) in [6.07, 6.45) is 6.10. The summed E-state index contributed by atoms with van der Waals surface area (Å²) in [5.41, 5.74) is 4.57. The van der Waals surface area contributed by atoms with E-state index in [0.29, 0.717) is 37.0 Å². The predicted molar refractivity (Wildman–Crippen MR) is 186 cm³/mol. The van der Waals surface area contributed by atoms with Crippen molar-refractivity contribution < 1.29 is 27.6 Å². The van der Waals surface area contributed by atoms with Crippen LogP contribution in [-0.4, -0.2) is 65.9 Å². The monoisotopic (exact) mass is 723 g/mol. The lowest BCUT2D eigenvalue weighted by Gasteiger charge is -2.40. The van der Waals surface area contributed by atoms with Crippen LogP contribution in [0.1, 0.15) is 48.1 Å². The topological polar surface area (TPSA) is 102 Å². The highest BCUT2D eigenvalue weighted by molar-refractivity contribution is 6.33. The van der Waals surface area contributed by atoms with Gasteiger partial charge in [-0.3, -0.25) is 4.79 Å². The maximum absolute atomic E-state index is 14.6. The van der Waals surface area contributed by atoms with Gasteiger partial charge in [0.1, 0.15) is 17.3 Å². The third-order valence-electron chi connectivity index (χ3n) is 9.35. The van der Waals surface area contributed by atoms with E-state index in [-0.39, 0.29) is 52.7 Å². The van der Waals surface area contributed by atoms with Gasteiger partial charge in [-0.05, 0) is 78.6 Å². The second-order valence-electron chi connectivity index (χ2n) is 12.9.